The lowest BCUT2D eigenvalue weighted by atomic mass is 10.1. The summed E-state index contributed by atoms with van der Waals surface area (Å²) in [6.07, 6.45) is 3.80. The van der Waals surface area contributed by atoms with Crippen molar-refractivity contribution in [2.45, 2.75) is 25.4 Å². The van der Waals surface area contributed by atoms with Crippen LogP contribution in [0.1, 0.15) is 22.5 Å². The maximum atomic E-state index is 13.4. The molecule has 0 unspecified atom stereocenters. The van der Waals surface area contributed by atoms with Gasteiger partial charge < -0.3 is 15.1 Å². The third-order valence-electron chi connectivity index (χ3n) is 6.68. The zero-order valence-electron chi connectivity index (χ0n) is 20.6. The number of aromatic nitrogens is 5. The van der Waals surface area contributed by atoms with E-state index in [2.05, 4.69) is 15.4 Å². The first-order chi connectivity index (χ1) is 17.3. The van der Waals surface area contributed by atoms with Gasteiger partial charge in [0.25, 0.3) is 11.5 Å². The van der Waals surface area contributed by atoms with Gasteiger partial charge in [0.2, 0.25) is 5.91 Å². The maximum absolute atomic E-state index is 13.4. The summed E-state index contributed by atoms with van der Waals surface area (Å²) in [5.41, 5.74) is 1.64. The SMILES string of the molecule is Cc1c(C(=O)N[C@H]2C[C@H](C(=O)N(C)C)N(c3ccc4nccn4n3)C2)c(=O)n(-c2ccccc2)n1C. The molecule has 36 heavy (non-hydrogen) atoms. The van der Waals surface area contributed by atoms with Gasteiger partial charge in [0.05, 0.1) is 11.4 Å². The molecule has 4 aromatic rings. The van der Waals surface area contributed by atoms with E-state index in [0.29, 0.717) is 35.8 Å². The van der Waals surface area contributed by atoms with E-state index in [0.717, 1.165) is 0 Å². The Hall–Kier alpha value is -4.41. The lowest BCUT2D eigenvalue weighted by molar-refractivity contribution is -0.129. The fraction of sp³-hybridized carbons (Fsp3) is 0.320. The van der Waals surface area contributed by atoms with Crippen molar-refractivity contribution in [2.24, 2.45) is 7.05 Å². The Bertz CT molecular complexity index is 1500. The highest BCUT2D eigenvalue weighted by molar-refractivity contribution is 5.95. The third-order valence-corrected chi connectivity index (χ3v) is 6.68. The summed E-state index contributed by atoms with van der Waals surface area (Å²) in [4.78, 5) is 47.3. The number of hydrogen-bond acceptors (Lipinski definition) is 6. The largest absolute Gasteiger partial charge is 0.347 e. The molecule has 1 fully saturated rings. The summed E-state index contributed by atoms with van der Waals surface area (Å²) in [6, 6.07) is 12.0. The molecular weight excluding hydrogens is 460 g/mol. The first kappa shape index (κ1) is 23.3. The zero-order valence-corrected chi connectivity index (χ0v) is 20.6. The lowest BCUT2D eigenvalue weighted by Gasteiger charge is -2.26. The summed E-state index contributed by atoms with van der Waals surface area (Å²) in [7, 11) is 5.16. The molecule has 0 aliphatic carbocycles. The van der Waals surface area contributed by atoms with Gasteiger partial charge in [-0.05, 0) is 37.6 Å². The molecule has 11 nitrogen and oxygen atoms in total. The minimum atomic E-state index is -0.503. The van der Waals surface area contributed by atoms with Gasteiger partial charge in [-0.25, -0.2) is 14.2 Å². The number of hydrogen-bond donors (Lipinski definition) is 1. The average molecular weight is 489 g/mol. The normalized spacial score (nSPS) is 17.5. The molecule has 2 atom stereocenters. The van der Waals surface area contributed by atoms with E-state index in [9.17, 15) is 14.4 Å². The van der Waals surface area contributed by atoms with Gasteiger partial charge in [0, 0.05) is 46.1 Å². The van der Waals surface area contributed by atoms with Crippen molar-refractivity contribution < 1.29 is 9.59 Å². The maximum Gasteiger partial charge on any atom is 0.284 e. The lowest BCUT2D eigenvalue weighted by Crippen LogP contribution is -2.43. The molecule has 1 aliphatic heterocycles. The van der Waals surface area contributed by atoms with Crippen molar-refractivity contribution >= 4 is 23.3 Å². The first-order valence-corrected chi connectivity index (χ1v) is 11.7. The molecule has 0 bridgehead atoms. The molecule has 5 rings (SSSR count). The van der Waals surface area contributed by atoms with E-state index in [1.807, 2.05) is 47.4 Å². The quantitative estimate of drug-likeness (QED) is 0.449. The Labute approximate surface area is 207 Å². The van der Waals surface area contributed by atoms with Crippen LogP contribution in [0.15, 0.2) is 59.7 Å². The van der Waals surface area contributed by atoms with E-state index >= 15 is 0 Å². The highest BCUT2D eigenvalue weighted by Crippen LogP contribution is 2.26. The van der Waals surface area contributed by atoms with Crippen molar-refractivity contribution in [3.05, 3.63) is 76.5 Å². The van der Waals surface area contributed by atoms with E-state index in [-0.39, 0.29) is 23.1 Å². The molecule has 1 aromatic carbocycles. The molecule has 1 aliphatic rings. The third kappa shape index (κ3) is 3.92. The van der Waals surface area contributed by atoms with Gasteiger partial charge >= 0.3 is 0 Å². The van der Waals surface area contributed by atoms with E-state index < -0.39 is 11.9 Å². The molecule has 0 radical (unpaired) electrons. The van der Waals surface area contributed by atoms with Crippen LogP contribution in [0.4, 0.5) is 5.82 Å². The van der Waals surface area contributed by atoms with Crippen LogP contribution in [0.25, 0.3) is 11.3 Å². The monoisotopic (exact) mass is 488 g/mol. The van der Waals surface area contributed by atoms with Crippen LogP contribution in [0.5, 0.6) is 0 Å². The predicted molar refractivity (Wildman–Crippen MR) is 134 cm³/mol. The number of carbonyl (C=O) groups excluding carboxylic acids is 2. The summed E-state index contributed by atoms with van der Waals surface area (Å²) >= 11 is 0. The second-order valence-corrected chi connectivity index (χ2v) is 9.16. The second-order valence-electron chi connectivity index (χ2n) is 9.16. The van der Waals surface area contributed by atoms with Crippen molar-refractivity contribution in [1.29, 1.82) is 0 Å². The number of likely N-dealkylation sites (N-methyl/N-ethyl adjacent to an activating group) is 1. The summed E-state index contributed by atoms with van der Waals surface area (Å²) in [6.45, 7) is 2.13. The Morgan fingerprint density at radius 2 is 1.86 bits per heavy atom. The highest BCUT2D eigenvalue weighted by atomic mass is 16.2. The van der Waals surface area contributed by atoms with Crippen LogP contribution >= 0.6 is 0 Å². The molecule has 1 N–H and O–H groups in total. The highest BCUT2D eigenvalue weighted by Gasteiger charge is 2.40. The second kappa shape index (κ2) is 8.99. The standard InChI is InChI=1S/C25H28N8O3/c1-16-22(25(36)33(30(16)4)18-8-6-5-7-9-18)23(34)27-17-14-19(24(35)29(2)3)31(15-17)21-11-10-20-26-12-13-32(20)28-21/h5-13,17,19H,14-15H2,1-4H3,(H,27,34)/t17-,19+/m0/s1. The van der Waals surface area contributed by atoms with Crippen molar-refractivity contribution in [1.82, 2.24) is 34.2 Å². The van der Waals surface area contributed by atoms with Gasteiger partial charge in [-0.1, -0.05) is 18.2 Å². The molecule has 0 saturated carbocycles. The number of fused-ring (bicyclic) bond motifs is 1. The molecule has 11 heteroatoms. The van der Waals surface area contributed by atoms with Gasteiger partial charge in [-0.15, -0.1) is 5.10 Å². The topological polar surface area (TPSA) is 110 Å². The van der Waals surface area contributed by atoms with Crippen LogP contribution in [0.3, 0.4) is 0 Å². The van der Waals surface area contributed by atoms with E-state index in [1.165, 1.54) is 9.58 Å². The van der Waals surface area contributed by atoms with Gasteiger partial charge in [0.15, 0.2) is 5.65 Å². The Balaban J connectivity index is 1.43. The van der Waals surface area contributed by atoms with Gasteiger partial charge in [-0.3, -0.25) is 19.1 Å². The Kier molecular flexibility index (Phi) is 5.83. The molecule has 0 spiro atoms. The Morgan fingerprint density at radius 3 is 2.58 bits per heavy atom. The van der Waals surface area contributed by atoms with Crippen molar-refractivity contribution in [2.75, 3.05) is 25.5 Å². The molecular formula is C25H28N8O3. The number of anilines is 1. The number of nitrogens with one attached hydrogen (secondary N) is 1. The van der Waals surface area contributed by atoms with E-state index in [4.69, 9.17) is 0 Å². The van der Waals surface area contributed by atoms with Crippen LogP contribution in [0, 0.1) is 6.92 Å². The average Bonchev–Trinajstić information content (AvgIpc) is 3.55. The smallest absolute Gasteiger partial charge is 0.284 e. The van der Waals surface area contributed by atoms with Crippen molar-refractivity contribution in [3.63, 3.8) is 0 Å². The molecule has 2 amide bonds. The van der Waals surface area contributed by atoms with Crippen LogP contribution in [-0.2, 0) is 11.8 Å². The van der Waals surface area contributed by atoms with Crippen LogP contribution in [-0.4, -0.2) is 73.4 Å². The van der Waals surface area contributed by atoms with E-state index in [1.54, 1.807) is 49.7 Å². The van der Waals surface area contributed by atoms with Crippen LogP contribution < -0.4 is 15.8 Å². The summed E-state index contributed by atoms with van der Waals surface area (Å²) < 4.78 is 4.81. The fourth-order valence-electron chi connectivity index (χ4n) is 4.77. The molecule has 3 aromatic heterocycles. The minimum absolute atomic E-state index is 0.0818. The van der Waals surface area contributed by atoms with Crippen LogP contribution in [0.2, 0.25) is 0 Å². The number of rotatable bonds is 5. The number of para-hydroxylation sites is 1. The summed E-state index contributed by atoms with van der Waals surface area (Å²) in [5.74, 6) is 0.0741. The zero-order chi connectivity index (χ0) is 25.6. The molecule has 186 valence electrons. The number of carbonyl (C=O) groups is 2. The number of amides is 2. The Morgan fingerprint density at radius 1 is 1.11 bits per heavy atom. The first-order valence-electron chi connectivity index (χ1n) is 11.7. The van der Waals surface area contributed by atoms with Gasteiger partial charge in [-0.2, -0.15) is 0 Å². The number of benzene rings is 1. The predicted octanol–water partition coefficient (Wildman–Crippen LogP) is 0.993. The minimum Gasteiger partial charge on any atom is -0.347 e. The fourth-order valence-corrected chi connectivity index (χ4v) is 4.77. The molecule has 1 saturated heterocycles. The number of nitrogens with zero attached hydrogens (tertiary/aromatic N) is 7. The molecule has 4 heterocycles. The van der Waals surface area contributed by atoms with Crippen molar-refractivity contribution in [3.8, 4) is 5.69 Å². The summed E-state index contributed by atoms with van der Waals surface area (Å²) in [5, 5.41) is 7.60. The van der Waals surface area contributed by atoms with Gasteiger partial charge in [0.1, 0.15) is 17.4 Å². The number of imidazole rings is 1.